The van der Waals surface area contributed by atoms with E-state index in [1.807, 2.05) is 24.3 Å². The normalized spacial score (nSPS) is 16.7. The monoisotopic (exact) mass is 571 g/mol. The van der Waals surface area contributed by atoms with Crippen LogP contribution in [0.3, 0.4) is 0 Å². The third-order valence-corrected chi connectivity index (χ3v) is 6.71. The number of aliphatic carboxylic acids is 1. The molecule has 1 aromatic carbocycles. The Bertz CT molecular complexity index is 1280. The standard InChI is InChI=1S/C26H37N9O6/c27-21(36)12-20(35-22(37)17-7-3-9-30-17)24(39)34-19(11-14-13-32-16-6-2-1-5-15(14)16)23(38)33-18(25(40)41)8-4-10-31-26(28)29/h1-2,5-6,13,17-20,30,32H,3-4,7-12H2,(H2,27,36)(H,33,38)(H,34,39)(H,35,37)(H,40,41)(H4,28,29,31). The summed E-state index contributed by atoms with van der Waals surface area (Å²) in [6, 6.07) is 2.96. The summed E-state index contributed by atoms with van der Waals surface area (Å²) in [5.74, 6) is -4.27. The van der Waals surface area contributed by atoms with Gasteiger partial charge in [0.1, 0.15) is 18.1 Å². The maximum absolute atomic E-state index is 13.4. The second kappa shape index (κ2) is 14.6. The maximum Gasteiger partial charge on any atom is 0.326 e. The number of hydrogen-bond donors (Lipinski definition) is 9. The van der Waals surface area contributed by atoms with Crippen molar-refractivity contribution in [2.24, 2.45) is 22.2 Å². The number of carbonyl (C=O) groups is 5. The molecule has 4 atom stereocenters. The van der Waals surface area contributed by atoms with Crippen LogP contribution in [-0.4, -0.2) is 82.9 Å². The summed E-state index contributed by atoms with van der Waals surface area (Å²) in [7, 11) is 0. The van der Waals surface area contributed by atoms with E-state index in [4.69, 9.17) is 17.2 Å². The molecule has 1 aromatic heterocycles. The first-order chi connectivity index (χ1) is 19.5. The van der Waals surface area contributed by atoms with E-state index in [1.165, 1.54) is 0 Å². The molecule has 1 saturated heterocycles. The second-order valence-corrected chi connectivity index (χ2v) is 9.85. The number of aliphatic imine (C=N–C) groups is 1. The number of carbonyl (C=O) groups excluding carboxylic acids is 4. The van der Waals surface area contributed by atoms with Gasteiger partial charge in [0.15, 0.2) is 5.96 Å². The van der Waals surface area contributed by atoms with E-state index in [9.17, 15) is 29.1 Å². The second-order valence-electron chi connectivity index (χ2n) is 9.85. The van der Waals surface area contributed by atoms with Crippen LogP contribution in [0.5, 0.6) is 0 Å². The number of H-pyrrole nitrogens is 1. The molecule has 0 bridgehead atoms. The number of fused-ring (bicyclic) bond motifs is 1. The van der Waals surface area contributed by atoms with Crippen LogP contribution in [-0.2, 0) is 30.4 Å². The SMILES string of the molecule is NC(=O)CC(NC(=O)C1CCCN1)C(=O)NC(Cc1c[nH]c2ccccc12)C(=O)NC(CCCN=C(N)N)C(=O)O. The summed E-state index contributed by atoms with van der Waals surface area (Å²) in [6.07, 6.45) is 2.85. The van der Waals surface area contributed by atoms with Gasteiger partial charge >= 0.3 is 5.97 Å². The Morgan fingerprint density at radius 2 is 1.71 bits per heavy atom. The molecule has 0 spiro atoms. The first-order valence-corrected chi connectivity index (χ1v) is 13.3. The van der Waals surface area contributed by atoms with Crippen LogP contribution in [0.2, 0.25) is 0 Å². The van der Waals surface area contributed by atoms with Gasteiger partial charge in [-0.05, 0) is 43.9 Å². The van der Waals surface area contributed by atoms with Crippen molar-refractivity contribution in [3.05, 3.63) is 36.0 Å². The highest BCUT2D eigenvalue weighted by Gasteiger charge is 2.32. The number of aromatic nitrogens is 1. The van der Waals surface area contributed by atoms with Crippen LogP contribution in [0.1, 0.15) is 37.7 Å². The number of rotatable bonds is 15. The van der Waals surface area contributed by atoms with E-state index < -0.39 is 60.2 Å². The lowest BCUT2D eigenvalue weighted by atomic mass is 10.0. The largest absolute Gasteiger partial charge is 0.480 e. The minimum atomic E-state index is -1.34. The number of hydrogen-bond acceptors (Lipinski definition) is 7. The zero-order chi connectivity index (χ0) is 29.9. The van der Waals surface area contributed by atoms with Crippen molar-refractivity contribution < 1.29 is 29.1 Å². The lowest BCUT2D eigenvalue weighted by Gasteiger charge is -2.25. The highest BCUT2D eigenvalue weighted by molar-refractivity contribution is 5.96. The Labute approximate surface area is 236 Å². The fraction of sp³-hybridized carbons (Fsp3) is 0.462. The van der Waals surface area contributed by atoms with Gasteiger partial charge in [0.2, 0.25) is 23.6 Å². The molecule has 2 aromatic rings. The van der Waals surface area contributed by atoms with E-state index in [0.717, 1.165) is 17.3 Å². The van der Waals surface area contributed by atoms with Crippen LogP contribution >= 0.6 is 0 Å². The molecule has 12 N–H and O–H groups in total. The van der Waals surface area contributed by atoms with Crippen molar-refractivity contribution in [1.29, 1.82) is 0 Å². The molecule has 1 aliphatic rings. The summed E-state index contributed by atoms with van der Waals surface area (Å²) >= 11 is 0. The molecule has 4 amide bonds. The third-order valence-electron chi connectivity index (χ3n) is 6.71. The minimum absolute atomic E-state index is 0.0106. The Hall–Kier alpha value is -4.66. The van der Waals surface area contributed by atoms with Crippen LogP contribution in [0, 0.1) is 0 Å². The highest BCUT2D eigenvalue weighted by atomic mass is 16.4. The zero-order valence-corrected chi connectivity index (χ0v) is 22.5. The molecule has 1 aliphatic heterocycles. The predicted octanol–water partition coefficient (Wildman–Crippen LogP) is -2.07. The molecule has 0 aliphatic carbocycles. The van der Waals surface area contributed by atoms with Gasteiger partial charge in [0, 0.05) is 30.1 Å². The molecule has 3 rings (SSSR count). The lowest BCUT2D eigenvalue weighted by molar-refractivity contribution is -0.142. The molecule has 15 heteroatoms. The number of guanidine groups is 1. The Morgan fingerprint density at radius 3 is 2.37 bits per heavy atom. The molecule has 1 fully saturated rings. The molecule has 222 valence electrons. The van der Waals surface area contributed by atoms with Gasteiger partial charge in [0.05, 0.1) is 12.5 Å². The van der Waals surface area contributed by atoms with Crippen molar-refractivity contribution in [2.45, 2.75) is 62.7 Å². The third kappa shape index (κ3) is 9.20. The number of para-hydroxylation sites is 1. The van der Waals surface area contributed by atoms with E-state index in [2.05, 4.69) is 31.2 Å². The van der Waals surface area contributed by atoms with Gasteiger partial charge in [0.25, 0.3) is 0 Å². The fourth-order valence-corrected chi connectivity index (χ4v) is 4.63. The first kappa shape index (κ1) is 30.9. The smallest absolute Gasteiger partial charge is 0.326 e. The number of primary amides is 1. The van der Waals surface area contributed by atoms with E-state index in [-0.39, 0.29) is 31.8 Å². The van der Waals surface area contributed by atoms with Gasteiger partial charge in [-0.2, -0.15) is 0 Å². The van der Waals surface area contributed by atoms with Gasteiger partial charge in [-0.3, -0.25) is 24.2 Å². The Morgan fingerprint density at radius 1 is 1.00 bits per heavy atom. The number of benzene rings is 1. The van der Waals surface area contributed by atoms with Crippen LogP contribution in [0.25, 0.3) is 10.9 Å². The number of carboxylic acids is 1. The number of nitrogens with zero attached hydrogens (tertiary/aromatic N) is 1. The van der Waals surface area contributed by atoms with Gasteiger partial charge < -0.3 is 48.6 Å². The molecule has 4 unspecified atom stereocenters. The average molecular weight is 572 g/mol. The van der Waals surface area contributed by atoms with Gasteiger partial charge in [-0.25, -0.2) is 4.79 Å². The Kier molecular flexibility index (Phi) is 11.0. The molecule has 15 nitrogen and oxygen atoms in total. The number of nitrogens with two attached hydrogens (primary N) is 3. The summed E-state index contributed by atoms with van der Waals surface area (Å²) in [4.78, 5) is 69.9. The highest BCUT2D eigenvalue weighted by Crippen LogP contribution is 2.19. The van der Waals surface area contributed by atoms with E-state index in [0.29, 0.717) is 18.5 Å². The number of nitrogens with one attached hydrogen (secondary N) is 5. The molecular formula is C26H37N9O6. The molecule has 41 heavy (non-hydrogen) atoms. The Balaban J connectivity index is 1.80. The van der Waals surface area contributed by atoms with Crippen molar-refractivity contribution in [2.75, 3.05) is 13.1 Å². The van der Waals surface area contributed by atoms with Crippen LogP contribution < -0.4 is 38.5 Å². The summed E-state index contributed by atoms with van der Waals surface area (Å²) < 4.78 is 0. The summed E-state index contributed by atoms with van der Waals surface area (Å²) in [5.41, 5.74) is 17.4. The maximum atomic E-state index is 13.4. The number of amides is 4. The van der Waals surface area contributed by atoms with Gasteiger partial charge in [-0.1, -0.05) is 18.2 Å². The summed E-state index contributed by atoms with van der Waals surface area (Å²) in [6.45, 7) is 0.816. The number of carboxylic acid groups (broad SMARTS) is 1. The van der Waals surface area contributed by atoms with Crippen LogP contribution in [0.15, 0.2) is 35.5 Å². The van der Waals surface area contributed by atoms with Crippen molar-refractivity contribution in [3.8, 4) is 0 Å². The van der Waals surface area contributed by atoms with Gasteiger partial charge in [-0.15, -0.1) is 0 Å². The van der Waals surface area contributed by atoms with E-state index >= 15 is 0 Å². The van der Waals surface area contributed by atoms with E-state index in [1.54, 1.807) is 6.20 Å². The first-order valence-electron chi connectivity index (χ1n) is 13.3. The quantitative estimate of drug-likeness (QED) is 0.0645. The molecule has 0 radical (unpaired) electrons. The minimum Gasteiger partial charge on any atom is -0.480 e. The molecular weight excluding hydrogens is 534 g/mol. The lowest BCUT2D eigenvalue weighted by Crippen LogP contribution is -2.58. The summed E-state index contributed by atoms with van der Waals surface area (Å²) in [5, 5.41) is 21.1. The van der Waals surface area contributed by atoms with Crippen molar-refractivity contribution in [1.82, 2.24) is 26.3 Å². The molecule has 2 heterocycles. The molecule has 0 saturated carbocycles. The zero-order valence-electron chi connectivity index (χ0n) is 22.5. The van der Waals surface area contributed by atoms with Crippen molar-refractivity contribution >= 4 is 46.5 Å². The topological polar surface area (TPSA) is 260 Å². The fourth-order valence-electron chi connectivity index (χ4n) is 4.63. The number of aromatic amines is 1. The van der Waals surface area contributed by atoms with Crippen molar-refractivity contribution in [3.63, 3.8) is 0 Å². The average Bonchev–Trinajstić information content (AvgIpc) is 3.60. The van der Waals surface area contributed by atoms with Crippen LogP contribution in [0.4, 0.5) is 0 Å². The predicted molar refractivity (Wildman–Crippen MR) is 150 cm³/mol.